The maximum Gasteiger partial charge on any atom is 0.254 e. The van der Waals surface area contributed by atoms with E-state index in [1.54, 1.807) is 18.2 Å². The SMILES string of the molecule is C[C@@H]1OCc2c1c(N)nc1ccc(C(=O)N(Cc3ccc(C#N)cn3)C[C@H]3CC[C@H](O)CC3)cc21. The van der Waals surface area contributed by atoms with Gasteiger partial charge in [0.15, 0.2) is 0 Å². The smallest absolute Gasteiger partial charge is 0.254 e. The zero-order valence-corrected chi connectivity index (χ0v) is 19.8. The van der Waals surface area contributed by atoms with Gasteiger partial charge in [-0.1, -0.05) is 0 Å². The van der Waals surface area contributed by atoms with E-state index in [0.717, 1.165) is 53.4 Å². The van der Waals surface area contributed by atoms with Gasteiger partial charge in [-0.05, 0) is 74.4 Å². The lowest BCUT2D eigenvalue weighted by molar-refractivity contribution is 0.0634. The molecule has 2 aliphatic rings. The molecule has 3 N–H and O–H groups in total. The third-order valence-corrected chi connectivity index (χ3v) is 7.18. The Balaban J connectivity index is 1.46. The van der Waals surface area contributed by atoms with E-state index in [1.807, 2.05) is 24.0 Å². The molecular weight excluding hydrogens is 442 g/mol. The Hall–Kier alpha value is -3.54. The summed E-state index contributed by atoms with van der Waals surface area (Å²) < 4.78 is 5.80. The maximum absolute atomic E-state index is 13.8. The minimum absolute atomic E-state index is 0.0817. The number of fused-ring (bicyclic) bond motifs is 3. The fourth-order valence-corrected chi connectivity index (χ4v) is 5.22. The Bertz CT molecular complexity index is 1290. The lowest BCUT2D eigenvalue weighted by atomic mass is 9.87. The Morgan fingerprint density at radius 3 is 2.77 bits per heavy atom. The van der Waals surface area contributed by atoms with Crippen molar-refractivity contribution in [3.05, 3.63) is 64.5 Å². The van der Waals surface area contributed by atoms with Crippen LogP contribution in [0.5, 0.6) is 0 Å². The van der Waals surface area contributed by atoms with Crippen LogP contribution in [-0.4, -0.2) is 38.5 Å². The largest absolute Gasteiger partial charge is 0.393 e. The highest BCUT2D eigenvalue weighted by Crippen LogP contribution is 2.38. The molecule has 1 fully saturated rings. The van der Waals surface area contributed by atoms with Crippen LogP contribution < -0.4 is 5.73 Å². The number of rotatable bonds is 5. The van der Waals surface area contributed by atoms with Gasteiger partial charge in [0.05, 0.1) is 42.1 Å². The Labute approximate surface area is 204 Å². The minimum Gasteiger partial charge on any atom is -0.393 e. The molecule has 1 aromatic carbocycles. The monoisotopic (exact) mass is 471 g/mol. The second kappa shape index (κ2) is 9.61. The van der Waals surface area contributed by atoms with Gasteiger partial charge in [-0.2, -0.15) is 5.26 Å². The van der Waals surface area contributed by atoms with Crippen molar-refractivity contribution in [1.82, 2.24) is 14.9 Å². The van der Waals surface area contributed by atoms with Gasteiger partial charge >= 0.3 is 0 Å². The molecule has 0 bridgehead atoms. The third-order valence-electron chi connectivity index (χ3n) is 7.18. The van der Waals surface area contributed by atoms with Gasteiger partial charge in [0, 0.05) is 29.3 Å². The van der Waals surface area contributed by atoms with Crippen molar-refractivity contribution in [1.29, 1.82) is 5.26 Å². The average Bonchev–Trinajstić information content (AvgIpc) is 3.27. The topological polar surface area (TPSA) is 125 Å². The summed E-state index contributed by atoms with van der Waals surface area (Å²) in [6, 6.07) is 11.1. The average molecular weight is 472 g/mol. The molecule has 3 aromatic rings. The van der Waals surface area contributed by atoms with Crippen LogP contribution in [0, 0.1) is 17.2 Å². The van der Waals surface area contributed by atoms with Crippen molar-refractivity contribution < 1.29 is 14.6 Å². The molecule has 2 aromatic heterocycles. The Morgan fingerprint density at radius 2 is 2.06 bits per heavy atom. The van der Waals surface area contributed by atoms with Crippen molar-refractivity contribution in [2.75, 3.05) is 12.3 Å². The second-order valence-electron chi connectivity index (χ2n) is 9.58. The first-order valence-electron chi connectivity index (χ1n) is 12.1. The summed E-state index contributed by atoms with van der Waals surface area (Å²) in [5, 5.41) is 19.9. The molecule has 3 heterocycles. The van der Waals surface area contributed by atoms with Crippen LogP contribution in [0.15, 0.2) is 36.5 Å². The normalized spacial score (nSPS) is 21.5. The van der Waals surface area contributed by atoms with Crippen LogP contribution in [0.2, 0.25) is 0 Å². The number of amides is 1. The van der Waals surface area contributed by atoms with Gasteiger partial charge in [0.2, 0.25) is 0 Å². The van der Waals surface area contributed by atoms with E-state index in [1.165, 1.54) is 6.20 Å². The summed E-state index contributed by atoms with van der Waals surface area (Å²) in [5.74, 6) is 0.715. The molecule has 1 amide bonds. The molecule has 1 aliphatic heterocycles. The first-order valence-corrected chi connectivity index (χ1v) is 12.1. The molecule has 0 spiro atoms. The number of benzene rings is 1. The number of pyridine rings is 2. The number of hydrogen-bond donors (Lipinski definition) is 2. The molecule has 8 nitrogen and oxygen atoms in total. The predicted octanol–water partition coefficient (Wildman–Crippen LogP) is 3.87. The third kappa shape index (κ3) is 4.70. The number of ether oxygens (including phenoxy) is 1. The summed E-state index contributed by atoms with van der Waals surface area (Å²) in [7, 11) is 0. The van der Waals surface area contributed by atoms with E-state index in [0.29, 0.717) is 42.6 Å². The number of aliphatic hydroxyl groups is 1. The van der Waals surface area contributed by atoms with Crippen LogP contribution in [0.1, 0.15) is 71.5 Å². The van der Waals surface area contributed by atoms with Crippen LogP contribution in [0.25, 0.3) is 10.9 Å². The van der Waals surface area contributed by atoms with E-state index in [4.69, 9.17) is 15.7 Å². The highest BCUT2D eigenvalue weighted by Gasteiger charge is 2.28. The van der Waals surface area contributed by atoms with Crippen molar-refractivity contribution in [3.8, 4) is 6.07 Å². The number of hydrogen-bond acceptors (Lipinski definition) is 7. The highest BCUT2D eigenvalue weighted by molar-refractivity contribution is 5.99. The molecule has 1 saturated carbocycles. The minimum atomic E-state index is -0.247. The quantitative estimate of drug-likeness (QED) is 0.578. The first-order chi connectivity index (χ1) is 16.9. The zero-order valence-electron chi connectivity index (χ0n) is 19.8. The van der Waals surface area contributed by atoms with Gasteiger partial charge in [-0.25, -0.2) is 4.98 Å². The summed E-state index contributed by atoms with van der Waals surface area (Å²) in [5.41, 5.74) is 10.6. The van der Waals surface area contributed by atoms with Crippen LogP contribution >= 0.6 is 0 Å². The Morgan fingerprint density at radius 1 is 1.26 bits per heavy atom. The molecule has 0 radical (unpaired) electrons. The lowest BCUT2D eigenvalue weighted by Gasteiger charge is -2.31. The van der Waals surface area contributed by atoms with Crippen molar-refractivity contribution >= 4 is 22.6 Å². The summed E-state index contributed by atoms with van der Waals surface area (Å²) >= 11 is 0. The fraction of sp³-hybridized carbons (Fsp3) is 0.407. The van der Waals surface area contributed by atoms with Crippen molar-refractivity contribution in [2.45, 2.75) is 58.0 Å². The van der Waals surface area contributed by atoms with E-state index in [9.17, 15) is 9.90 Å². The van der Waals surface area contributed by atoms with Gasteiger partial charge in [-0.3, -0.25) is 9.78 Å². The second-order valence-corrected chi connectivity index (χ2v) is 9.58. The summed E-state index contributed by atoms with van der Waals surface area (Å²) in [6.07, 6.45) is 4.45. The summed E-state index contributed by atoms with van der Waals surface area (Å²) in [4.78, 5) is 24.6. The number of aromatic nitrogens is 2. The van der Waals surface area contributed by atoms with Gasteiger partial charge < -0.3 is 20.5 Å². The summed E-state index contributed by atoms with van der Waals surface area (Å²) in [6.45, 7) is 3.34. The lowest BCUT2D eigenvalue weighted by Crippen LogP contribution is -2.37. The molecule has 0 saturated heterocycles. The number of anilines is 1. The van der Waals surface area contributed by atoms with Gasteiger partial charge in [0.1, 0.15) is 11.9 Å². The van der Waals surface area contributed by atoms with E-state index in [2.05, 4.69) is 16.0 Å². The first kappa shape index (κ1) is 23.2. The van der Waals surface area contributed by atoms with Gasteiger partial charge in [-0.15, -0.1) is 0 Å². The zero-order chi connectivity index (χ0) is 24.5. The Kier molecular flexibility index (Phi) is 6.37. The molecule has 180 valence electrons. The number of nitrogens with two attached hydrogens (primary N) is 1. The number of nitriles is 1. The molecule has 0 unspecified atom stereocenters. The molecular formula is C27H29N5O3. The number of carbonyl (C=O) groups excluding carboxylic acids is 1. The fourth-order valence-electron chi connectivity index (χ4n) is 5.22. The molecule has 1 aliphatic carbocycles. The molecule has 5 rings (SSSR count). The molecule has 8 heteroatoms. The van der Waals surface area contributed by atoms with Crippen molar-refractivity contribution in [2.24, 2.45) is 5.92 Å². The maximum atomic E-state index is 13.8. The van der Waals surface area contributed by atoms with E-state index < -0.39 is 0 Å². The van der Waals surface area contributed by atoms with Gasteiger partial charge in [0.25, 0.3) is 5.91 Å². The standard InChI is InChI=1S/C27H29N5O3/c1-16-25-23(15-35-16)22-10-19(5-9-24(22)31-26(25)29)27(34)32(13-17-3-7-21(33)8-4-17)14-20-6-2-18(11-28)12-30-20/h2,5-6,9-10,12,16-17,21,33H,3-4,7-8,13-15H2,1H3,(H2,29,31)/t16-,17-,21-/m0/s1. The van der Waals surface area contributed by atoms with E-state index in [-0.39, 0.29) is 18.1 Å². The number of nitrogen functional groups attached to an aromatic ring is 1. The number of nitrogens with zero attached hydrogens (tertiary/aromatic N) is 4. The van der Waals surface area contributed by atoms with E-state index >= 15 is 0 Å². The molecule has 1 atom stereocenters. The number of carbonyl (C=O) groups is 1. The predicted molar refractivity (Wildman–Crippen MR) is 131 cm³/mol. The van der Waals surface area contributed by atoms with Crippen LogP contribution in [-0.2, 0) is 17.9 Å². The van der Waals surface area contributed by atoms with Crippen LogP contribution in [0.4, 0.5) is 5.82 Å². The highest BCUT2D eigenvalue weighted by atomic mass is 16.5. The van der Waals surface area contributed by atoms with Crippen molar-refractivity contribution in [3.63, 3.8) is 0 Å². The van der Waals surface area contributed by atoms with Crippen LogP contribution in [0.3, 0.4) is 0 Å². The molecule has 35 heavy (non-hydrogen) atoms. The number of aliphatic hydroxyl groups excluding tert-OH is 1.